The van der Waals surface area contributed by atoms with E-state index in [9.17, 15) is 14.9 Å². The average Bonchev–Trinajstić information content (AvgIpc) is 2.33. The predicted octanol–water partition coefficient (Wildman–Crippen LogP) is 4.56. The molecule has 0 aliphatic rings. The van der Waals surface area contributed by atoms with Crippen molar-refractivity contribution in [1.29, 1.82) is 0 Å². The third kappa shape index (κ3) is 5.62. The molecule has 1 aromatic rings. The molecular weight excluding hydrogens is 399 g/mol. The van der Waals surface area contributed by atoms with Gasteiger partial charge in [-0.25, -0.2) is 4.79 Å². The van der Waals surface area contributed by atoms with Gasteiger partial charge in [-0.1, -0.05) is 29.3 Å². The fourth-order valence-electron chi connectivity index (χ4n) is 1.60. The SMILES string of the molecule is CC(C)(C)OC(=O)N[C@H](c1ccc(Cl)cc1Cl)C(Br)[N+](=O)[O-]. The van der Waals surface area contributed by atoms with Crippen LogP contribution in [0, 0.1) is 10.1 Å². The fourth-order valence-corrected chi connectivity index (χ4v) is 2.55. The lowest BCUT2D eigenvalue weighted by molar-refractivity contribution is -0.497. The Morgan fingerprint density at radius 1 is 1.41 bits per heavy atom. The number of nitro groups is 1. The van der Waals surface area contributed by atoms with Gasteiger partial charge in [-0.3, -0.25) is 10.1 Å². The van der Waals surface area contributed by atoms with Gasteiger partial charge in [-0.05, 0) is 48.8 Å². The van der Waals surface area contributed by atoms with Crippen LogP contribution in [0.1, 0.15) is 32.4 Å². The van der Waals surface area contributed by atoms with Crippen LogP contribution in [0.5, 0.6) is 0 Å². The normalized spacial score (nSPS) is 14.1. The Hall–Kier alpha value is -1.05. The highest BCUT2D eigenvalue weighted by atomic mass is 79.9. The van der Waals surface area contributed by atoms with Gasteiger partial charge >= 0.3 is 6.09 Å². The van der Waals surface area contributed by atoms with E-state index >= 15 is 0 Å². The molecule has 0 bridgehead atoms. The fraction of sp³-hybridized carbons (Fsp3) is 0.462. The number of amides is 1. The van der Waals surface area contributed by atoms with Crippen molar-refractivity contribution < 1.29 is 14.5 Å². The smallest absolute Gasteiger partial charge is 0.408 e. The lowest BCUT2D eigenvalue weighted by Gasteiger charge is -2.24. The van der Waals surface area contributed by atoms with Crippen molar-refractivity contribution in [3.05, 3.63) is 43.9 Å². The van der Waals surface area contributed by atoms with Crippen molar-refractivity contribution in [2.24, 2.45) is 0 Å². The van der Waals surface area contributed by atoms with Gasteiger partial charge in [0.1, 0.15) is 11.6 Å². The summed E-state index contributed by atoms with van der Waals surface area (Å²) in [6.45, 7) is 5.07. The summed E-state index contributed by atoms with van der Waals surface area (Å²) in [6.07, 6.45) is -0.783. The van der Waals surface area contributed by atoms with Crippen LogP contribution in [0.2, 0.25) is 10.0 Å². The van der Waals surface area contributed by atoms with Crippen molar-refractivity contribution in [3.63, 3.8) is 0 Å². The van der Waals surface area contributed by atoms with Crippen LogP contribution in [0.25, 0.3) is 0 Å². The number of ether oxygens (including phenoxy) is 1. The third-order valence-corrected chi connectivity index (χ3v) is 3.87. The quantitative estimate of drug-likeness (QED) is 0.339. The highest BCUT2D eigenvalue weighted by Gasteiger charge is 2.34. The highest BCUT2D eigenvalue weighted by molar-refractivity contribution is 9.09. The van der Waals surface area contributed by atoms with Crippen molar-refractivity contribution in [2.75, 3.05) is 0 Å². The molecule has 1 amide bonds. The number of rotatable bonds is 4. The van der Waals surface area contributed by atoms with Crippen LogP contribution in [-0.2, 0) is 4.74 Å². The Kier molecular flexibility index (Phi) is 6.46. The van der Waals surface area contributed by atoms with Crippen LogP contribution in [-0.4, -0.2) is 21.6 Å². The van der Waals surface area contributed by atoms with E-state index in [1.807, 2.05) is 0 Å². The summed E-state index contributed by atoms with van der Waals surface area (Å²) in [4.78, 5) is 21.1. The van der Waals surface area contributed by atoms with Gasteiger partial charge in [0.2, 0.25) is 0 Å². The second-order valence-corrected chi connectivity index (χ2v) is 7.23. The number of alkyl halides is 1. The number of carbonyl (C=O) groups is 1. The van der Waals surface area contributed by atoms with Crippen molar-refractivity contribution in [3.8, 4) is 0 Å². The van der Waals surface area contributed by atoms with Crippen LogP contribution in [0.15, 0.2) is 18.2 Å². The zero-order chi connectivity index (χ0) is 17.1. The molecule has 0 heterocycles. The monoisotopic (exact) mass is 412 g/mol. The number of nitrogens with zero attached hydrogens (tertiary/aromatic N) is 1. The van der Waals surface area contributed by atoms with Crippen LogP contribution < -0.4 is 5.32 Å². The second kappa shape index (κ2) is 7.48. The Balaban J connectivity index is 3.09. The van der Waals surface area contributed by atoms with E-state index in [1.54, 1.807) is 20.8 Å². The molecule has 22 heavy (non-hydrogen) atoms. The summed E-state index contributed by atoms with van der Waals surface area (Å²) < 4.78 is 5.12. The minimum Gasteiger partial charge on any atom is -0.444 e. The average molecular weight is 414 g/mol. The van der Waals surface area contributed by atoms with Gasteiger partial charge in [-0.15, -0.1) is 0 Å². The molecule has 0 saturated carbocycles. The van der Waals surface area contributed by atoms with Crippen LogP contribution in [0.4, 0.5) is 4.79 Å². The third-order valence-electron chi connectivity index (χ3n) is 2.45. The molecule has 1 unspecified atom stereocenters. The first-order valence-corrected chi connectivity index (χ1v) is 7.90. The molecule has 1 aromatic carbocycles. The zero-order valence-corrected chi connectivity index (χ0v) is 15.2. The maximum atomic E-state index is 11.9. The van der Waals surface area contributed by atoms with Gasteiger partial charge in [-0.2, -0.15) is 0 Å². The summed E-state index contributed by atoms with van der Waals surface area (Å²) in [5.74, 6) is 0. The summed E-state index contributed by atoms with van der Waals surface area (Å²) in [5, 5.41) is 14.1. The largest absolute Gasteiger partial charge is 0.444 e. The Bertz CT molecular complexity index is 578. The summed E-state index contributed by atoms with van der Waals surface area (Å²) in [5.41, 5.74) is -0.370. The standard InChI is InChI=1S/C13H15BrCl2N2O4/c1-13(2,3)22-12(19)17-10(11(14)18(20)21)8-5-4-7(15)6-9(8)16/h4-6,10-11H,1-3H3,(H,17,19)/t10-,11?/m1/s1. The van der Waals surface area contributed by atoms with Crippen molar-refractivity contribution in [2.45, 2.75) is 37.4 Å². The topological polar surface area (TPSA) is 81.5 Å². The maximum Gasteiger partial charge on any atom is 0.408 e. The minimum absolute atomic E-state index is 0.208. The molecule has 9 heteroatoms. The lowest BCUT2D eigenvalue weighted by atomic mass is 10.1. The number of alkyl carbamates (subject to hydrolysis) is 1. The molecule has 0 radical (unpaired) electrons. The summed E-state index contributed by atoms with van der Waals surface area (Å²) in [7, 11) is 0. The van der Waals surface area contributed by atoms with Gasteiger partial charge in [0, 0.05) is 20.5 Å². The van der Waals surface area contributed by atoms with E-state index in [1.165, 1.54) is 18.2 Å². The van der Waals surface area contributed by atoms with Crippen molar-refractivity contribution >= 4 is 45.2 Å². The number of nitrogens with one attached hydrogen (secondary N) is 1. The number of hydrogen-bond acceptors (Lipinski definition) is 4. The molecule has 0 aromatic heterocycles. The summed E-state index contributed by atoms with van der Waals surface area (Å²) >= 11 is 14.8. The molecule has 0 spiro atoms. The molecule has 0 aliphatic heterocycles. The molecular formula is C13H15BrCl2N2O4. The zero-order valence-electron chi connectivity index (χ0n) is 12.1. The van der Waals surface area contributed by atoms with Crippen LogP contribution >= 0.6 is 39.1 Å². The number of halogens is 3. The first kappa shape index (κ1) is 19.0. The molecule has 122 valence electrons. The van der Waals surface area contributed by atoms with E-state index in [2.05, 4.69) is 21.2 Å². The number of benzene rings is 1. The first-order chi connectivity index (χ1) is 10.0. The molecule has 0 aliphatic carbocycles. The highest BCUT2D eigenvalue weighted by Crippen LogP contribution is 2.31. The minimum atomic E-state index is -1.28. The Labute approximate surface area is 146 Å². The Morgan fingerprint density at radius 3 is 2.45 bits per heavy atom. The van der Waals surface area contributed by atoms with Gasteiger partial charge in [0.05, 0.1) is 0 Å². The molecule has 0 fully saturated rings. The first-order valence-electron chi connectivity index (χ1n) is 6.23. The van der Waals surface area contributed by atoms with E-state index in [4.69, 9.17) is 27.9 Å². The number of hydrogen-bond donors (Lipinski definition) is 1. The van der Waals surface area contributed by atoms with E-state index in [0.29, 0.717) is 10.6 Å². The molecule has 1 rings (SSSR count). The summed E-state index contributed by atoms with van der Waals surface area (Å²) in [6, 6.07) is 3.48. The van der Waals surface area contributed by atoms with Crippen LogP contribution in [0.3, 0.4) is 0 Å². The van der Waals surface area contributed by atoms with E-state index in [0.717, 1.165) is 0 Å². The molecule has 0 saturated heterocycles. The van der Waals surface area contributed by atoms with Crippen molar-refractivity contribution in [1.82, 2.24) is 5.32 Å². The molecule has 2 atom stereocenters. The maximum absolute atomic E-state index is 11.9. The van der Waals surface area contributed by atoms with Gasteiger partial charge < -0.3 is 10.1 Å². The Morgan fingerprint density at radius 2 is 2.00 bits per heavy atom. The predicted molar refractivity (Wildman–Crippen MR) is 88.3 cm³/mol. The number of carbonyl (C=O) groups excluding carboxylic acids is 1. The van der Waals surface area contributed by atoms with E-state index in [-0.39, 0.29) is 5.02 Å². The molecule has 1 N–H and O–H groups in total. The van der Waals surface area contributed by atoms with Gasteiger partial charge in [0.15, 0.2) is 0 Å². The molecule has 6 nitrogen and oxygen atoms in total. The van der Waals surface area contributed by atoms with Gasteiger partial charge in [0.25, 0.3) is 4.95 Å². The second-order valence-electron chi connectivity index (χ2n) is 5.45. The lowest BCUT2D eigenvalue weighted by Crippen LogP contribution is -2.40. The van der Waals surface area contributed by atoms with E-state index < -0.39 is 27.6 Å².